The molecule has 0 saturated carbocycles. The van der Waals surface area contributed by atoms with Crippen molar-refractivity contribution in [1.29, 1.82) is 0 Å². The molecule has 2 heterocycles. The molecule has 0 N–H and O–H groups in total. The van der Waals surface area contributed by atoms with Crippen LogP contribution in [0.2, 0.25) is 0 Å². The van der Waals surface area contributed by atoms with Gasteiger partial charge in [-0.15, -0.1) is 0 Å². The third-order valence-corrected chi connectivity index (χ3v) is 2.73. The highest BCUT2D eigenvalue weighted by molar-refractivity contribution is 6.03. The predicted octanol–water partition coefficient (Wildman–Crippen LogP) is 1.70. The minimum absolute atomic E-state index is 0.102. The number of carbonyl (C=O) groups excluding carboxylic acids is 1. The number of esters is 1. The summed E-state index contributed by atoms with van der Waals surface area (Å²) >= 11 is 0. The molecule has 0 amide bonds. The summed E-state index contributed by atoms with van der Waals surface area (Å²) in [6.07, 6.45) is 0. The van der Waals surface area contributed by atoms with E-state index in [4.69, 9.17) is 18.6 Å². The molecule has 6 heteroatoms. The Balaban J connectivity index is 2.26. The Morgan fingerprint density at radius 2 is 2.00 bits per heavy atom. The zero-order chi connectivity index (χ0) is 13.4. The number of ether oxygens (including phenoxy) is 3. The normalized spacial score (nSPS) is 12.7. The van der Waals surface area contributed by atoms with Crippen LogP contribution in [-0.4, -0.2) is 19.4 Å². The molecular weight excluding hydrogens is 252 g/mol. The van der Waals surface area contributed by atoms with Gasteiger partial charge in [-0.3, -0.25) is 0 Å². The van der Waals surface area contributed by atoms with Crippen molar-refractivity contribution in [1.82, 2.24) is 0 Å². The smallest absolute Gasteiger partial charge is 0.339 e. The van der Waals surface area contributed by atoms with Crippen molar-refractivity contribution >= 4 is 16.9 Å². The molecule has 0 fully saturated rings. The molecule has 1 aromatic heterocycles. The number of carbonyl (C=O) groups is 1. The summed E-state index contributed by atoms with van der Waals surface area (Å²) in [7, 11) is 0. The van der Waals surface area contributed by atoms with E-state index in [9.17, 15) is 9.59 Å². The number of fused-ring (bicyclic) bond motifs is 2. The molecule has 2 aromatic rings. The van der Waals surface area contributed by atoms with E-state index in [1.807, 2.05) is 0 Å². The fraction of sp³-hybridized carbons (Fsp3) is 0.231. The Kier molecular flexibility index (Phi) is 2.63. The molecule has 19 heavy (non-hydrogen) atoms. The predicted molar refractivity (Wildman–Crippen MR) is 64.6 cm³/mol. The highest BCUT2D eigenvalue weighted by atomic mass is 16.7. The summed E-state index contributed by atoms with van der Waals surface area (Å²) in [5.74, 6) is 0.419. The molecule has 0 saturated heterocycles. The summed E-state index contributed by atoms with van der Waals surface area (Å²) < 4.78 is 20.4. The van der Waals surface area contributed by atoms with Gasteiger partial charge < -0.3 is 18.6 Å². The van der Waals surface area contributed by atoms with E-state index in [1.165, 1.54) is 6.07 Å². The SMILES string of the molecule is CCOC(=O)c1cc(=O)oc2cc3c(cc12)OCO3. The summed E-state index contributed by atoms with van der Waals surface area (Å²) in [5.41, 5.74) is -0.194. The van der Waals surface area contributed by atoms with Crippen molar-refractivity contribution in [3.05, 3.63) is 34.2 Å². The molecule has 0 bridgehead atoms. The van der Waals surface area contributed by atoms with Crippen LogP contribution < -0.4 is 15.1 Å². The van der Waals surface area contributed by atoms with Gasteiger partial charge in [0.1, 0.15) is 5.58 Å². The van der Waals surface area contributed by atoms with Gasteiger partial charge in [-0.25, -0.2) is 9.59 Å². The second kappa shape index (κ2) is 4.31. The Morgan fingerprint density at radius 1 is 1.26 bits per heavy atom. The monoisotopic (exact) mass is 262 g/mol. The van der Waals surface area contributed by atoms with Crippen molar-refractivity contribution in [2.24, 2.45) is 0 Å². The Labute approximate surface area is 107 Å². The minimum atomic E-state index is -0.616. The molecule has 0 radical (unpaired) electrons. The summed E-state index contributed by atoms with van der Waals surface area (Å²) in [6.45, 7) is 2.02. The first kappa shape index (κ1) is 11.6. The van der Waals surface area contributed by atoms with Gasteiger partial charge in [0.05, 0.1) is 12.2 Å². The van der Waals surface area contributed by atoms with Crippen molar-refractivity contribution < 1.29 is 23.4 Å². The molecule has 1 aromatic carbocycles. The van der Waals surface area contributed by atoms with Crippen molar-refractivity contribution in [3.63, 3.8) is 0 Å². The zero-order valence-electron chi connectivity index (χ0n) is 10.1. The number of rotatable bonds is 2. The van der Waals surface area contributed by atoms with E-state index in [2.05, 4.69) is 0 Å². The number of hydrogen-bond donors (Lipinski definition) is 0. The van der Waals surface area contributed by atoms with E-state index < -0.39 is 11.6 Å². The minimum Gasteiger partial charge on any atom is -0.462 e. The van der Waals surface area contributed by atoms with Gasteiger partial charge in [-0.2, -0.15) is 0 Å². The third-order valence-electron chi connectivity index (χ3n) is 2.73. The van der Waals surface area contributed by atoms with Gasteiger partial charge in [0.2, 0.25) is 6.79 Å². The van der Waals surface area contributed by atoms with Gasteiger partial charge >= 0.3 is 11.6 Å². The van der Waals surface area contributed by atoms with Crippen LogP contribution in [0.5, 0.6) is 11.5 Å². The van der Waals surface area contributed by atoms with Crippen molar-refractivity contribution in [3.8, 4) is 11.5 Å². The zero-order valence-corrected chi connectivity index (χ0v) is 10.1. The van der Waals surface area contributed by atoms with E-state index in [1.54, 1.807) is 13.0 Å². The van der Waals surface area contributed by atoms with Crippen LogP contribution in [0.25, 0.3) is 11.0 Å². The first-order valence-corrected chi connectivity index (χ1v) is 5.73. The largest absolute Gasteiger partial charge is 0.462 e. The van der Waals surface area contributed by atoms with Gasteiger partial charge in [-0.05, 0) is 13.0 Å². The van der Waals surface area contributed by atoms with Crippen LogP contribution >= 0.6 is 0 Å². The molecule has 0 unspecified atom stereocenters. The van der Waals surface area contributed by atoms with Crippen molar-refractivity contribution in [2.45, 2.75) is 6.92 Å². The van der Waals surface area contributed by atoms with Crippen LogP contribution in [0.3, 0.4) is 0 Å². The maximum Gasteiger partial charge on any atom is 0.339 e. The van der Waals surface area contributed by atoms with E-state index in [0.29, 0.717) is 16.9 Å². The summed E-state index contributed by atoms with van der Waals surface area (Å²) in [5, 5.41) is 0.460. The lowest BCUT2D eigenvalue weighted by atomic mass is 10.1. The average molecular weight is 262 g/mol. The topological polar surface area (TPSA) is 75.0 Å². The lowest BCUT2D eigenvalue weighted by Gasteiger charge is -2.05. The van der Waals surface area contributed by atoms with E-state index >= 15 is 0 Å². The average Bonchev–Trinajstić information content (AvgIpc) is 2.82. The van der Waals surface area contributed by atoms with E-state index in [-0.39, 0.29) is 24.5 Å². The Morgan fingerprint density at radius 3 is 2.74 bits per heavy atom. The maximum atomic E-state index is 11.8. The molecule has 1 aliphatic heterocycles. The number of hydrogen-bond acceptors (Lipinski definition) is 6. The molecule has 98 valence electrons. The second-order valence-electron chi connectivity index (χ2n) is 3.90. The first-order valence-electron chi connectivity index (χ1n) is 5.73. The summed E-state index contributed by atoms with van der Waals surface area (Å²) in [6, 6.07) is 4.25. The quantitative estimate of drug-likeness (QED) is 0.605. The van der Waals surface area contributed by atoms with Crippen LogP contribution in [0.15, 0.2) is 27.4 Å². The highest BCUT2D eigenvalue weighted by Gasteiger charge is 2.20. The third kappa shape index (κ3) is 1.91. The molecule has 0 spiro atoms. The van der Waals surface area contributed by atoms with E-state index in [0.717, 1.165) is 6.07 Å². The van der Waals surface area contributed by atoms with Crippen LogP contribution in [0.1, 0.15) is 17.3 Å². The van der Waals surface area contributed by atoms with Crippen LogP contribution in [0.4, 0.5) is 0 Å². The molecule has 6 nitrogen and oxygen atoms in total. The van der Waals surface area contributed by atoms with Gasteiger partial charge in [0.15, 0.2) is 11.5 Å². The fourth-order valence-electron chi connectivity index (χ4n) is 1.93. The maximum absolute atomic E-state index is 11.8. The Bertz CT molecular complexity index is 715. The lowest BCUT2D eigenvalue weighted by Crippen LogP contribution is -2.09. The van der Waals surface area contributed by atoms with Gasteiger partial charge in [0, 0.05) is 17.5 Å². The first-order chi connectivity index (χ1) is 9.19. The fourth-order valence-corrected chi connectivity index (χ4v) is 1.93. The van der Waals surface area contributed by atoms with Crippen LogP contribution in [0, 0.1) is 0 Å². The molecule has 0 atom stereocenters. The molecule has 0 aliphatic carbocycles. The molecule has 3 rings (SSSR count). The van der Waals surface area contributed by atoms with Crippen molar-refractivity contribution in [2.75, 3.05) is 13.4 Å². The second-order valence-corrected chi connectivity index (χ2v) is 3.90. The molecule has 1 aliphatic rings. The standard InChI is InChI=1S/C13H10O6/c1-2-16-13(15)8-4-12(14)19-9-5-11-10(3-7(8)9)17-6-18-11/h3-5H,2,6H2,1H3. The van der Waals surface area contributed by atoms with Gasteiger partial charge in [0.25, 0.3) is 0 Å². The lowest BCUT2D eigenvalue weighted by molar-refractivity contribution is 0.0528. The van der Waals surface area contributed by atoms with Crippen LogP contribution in [-0.2, 0) is 4.74 Å². The van der Waals surface area contributed by atoms with Gasteiger partial charge in [-0.1, -0.05) is 0 Å². The highest BCUT2D eigenvalue weighted by Crippen LogP contribution is 2.36. The molecular formula is C13H10O6. The Hall–Kier alpha value is -2.50. The number of benzene rings is 1. The summed E-state index contributed by atoms with van der Waals surface area (Å²) in [4.78, 5) is 23.3.